The number of aldehydes is 1. The Morgan fingerprint density at radius 2 is 2.12 bits per heavy atom. The highest BCUT2D eigenvalue weighted by Gasteiger charge is 2.15. The number of fused-ring (bicyclic) bond motifs is 1. The summed E-state index contributed by atoms with van der Waals surface area (Å²) in [6, 6.07) is 3.73. The number of carbonyl (C=O) groups is 1. The van der Waals surface area contributed by atoms with Gasteiger partial charge < -0.3 is 14.3 Å². The Hall–Kier alpha value is -1.22. The van der Waals surface area contributed by atoms with Crippen LogP contribution in [0.5, 0.6) is 11.5 Å². The molecule has 16 heavy (non-hydrogen) atoms. The third kappa shape index (κ3) is 2.47. The summed E-state index contributed by atoms with van der Waals surface area (Å²) in [5.74, 6) is 1.31. The molecular formula is C12H13ClO3. The van der Waals surface area contributed by atoms with E-state index >= 15 is 0 Å². The maximum absolute atomic E-state index is 10.3. The molecular weight excluding hydrogens is 228 g/mol. The maximum Gasteiger partial charge on any atom is 0.179 e. The van der Waals surface area contributed by atoms with E-state index in [0.717, 1.165) is 18.3 Å². The summed E-state index contributed by atoms with van der Waals surface area (Å²) in [5, 5.41) is 0.556. The lowest BCUT2D eigenvalue weighted by Gasteiger charge is -2.10. The molecule has 3 nitrogen and oxygen atoms in total. The summed E-state index contributed by atoms with van der Waals surface area (Å²) >= 11 is 6.11. The summed E-state index contributed by atoms with van der Waals surface area (Å²) in [7, 11) is 0. The van der Waals surface area contributed by atoms with Crippen molar-refractivity contribution in [1.29, 1.82) is 0 Å². The molecule has 0 bridgehead atoms. The van der Waals surface area contributed by atoms with Crippen LogP contribution in [0.3, 0.4) is 0 Å². The zero-order valence-electron chi connectivity index (χ0n) is 8.87. The van der Waals surface area contributed by atoms with E-state index in [4.69, 9.17) is 21.1 Å². The maximum atomic E-state index is 10.3. The summed E-state index contributed by atoms with van der Waals surface area (Å²) in [4.78, 5) is 10.3. The third-order valence-corrected chi connectivity index (χ3v) is 2.69. The summed E-state index contributed by atoms with van der Waals surface area (Å²) < 4.78 is 11.1. The minimum absolute atomic E-state index is 0.496. The third-order valence-electron chi connectivity index (χ3n) is 2.41. The van der Waals surface area contributed by atoms with E-state index in [2.05, 4.69) is 0 Å². The Bertz CT molecular complexity index is 390. The van der Waals surface area contributed by atoms with Gasteiger partial charge in [-0.15, -0.1) is 0 Å². The Balaban J connectivity index is 2.28. The predicted octanol–water partition coefficient (Wildman–Crippen LogP) is 2.63. The first-order valence-electron chi connectivity index (χ1n) is 5.33. The molecule has 1 aromatic carbocycles. The van der Waals surface area contributed by atoms with E-state index in [1.807, 2.05) is 12.1 Å². The second kappa shape index (κ2) is 5.21. The average molecular weight is 241 g/mol. The van der Waals surface area contributed by atoms with Crippen LogP contribution in [-0.2, 0) is 11.2 Å². The van der Waals surface area contributed by atoms with Crippen molar-refractivity contribution in [2.24, 2.45) is 0 Å². The number of hydrogen-bond donors (Lipinski definition) is 0. The van der Waals surface area contributed by atoms with Gasteiger partial charge >= 0.3 is 0 Å². The molecule has 0 spiro atoms. The van der Waals surface area contributed by atoms with Gasteiger partial charge in [-0.25, -0.2) is 0 Å². The lowest BCUT2D eigenvalue weighted by molar-refractivity contribution is -0.107. The van der Waals surface area contributed by atoms with Crippen molar-refractivity contribution in [2.75, 3.05) is 13.2 Å². The van der Waals surface area contributed by atoms with Crippen LogP contribution in [0.25, 0.3) is 0 Å². The van der Waals surface area contributed by atoms with Gasteiger partial charge in [0.15, 0.2) is 11.5 Å². The highest BCUT2D eigenvalue weighted by Crippen LogP contribution is 2.38. The number of rotatable bonds is 3. The molecule has 1 aromatic rings. The number of benzene rings is 1. The fourth-order valence-electron chi connectivity index (χ4n) is 1.65. The lowest BCUT2D eigenvalue weighted by atomic mass is 10.1. The molecule has 1 aliphatic rings. The van der Waals surface area contributed by atoms with Gasteiger partial charge in [0.1, 0.15) is 6.29 Å². The zero-order chi connectivity index (χ0) is 11.4. The van der Waals surface area contributed by atoms with Gasteiger partial charge in [0.25, 0.3) is 0 Å². The number of halogens is 1. The standard InChI is InChI=1S/C12H13ClO3/c13-10-7-9(3-1-4-14)8-11-12(10)16-6-2-5-15-11/h4,7-8H,1-3,5-6H2. The van der Waals surface area contributed by atoms with Gasteiger partial charge in [-0.3, -0.25) is 0 Å². The molecule has 0 unspecified atom stereocenters. The molecule has 0 saturated heterocycles. The van der Waals surface area contributed by atoms with Crippen LogP contribution < -0.4 is 9.47 Å². The number of aryl methyl sites for hydroxylation is 1. The summed E-state index contributed by atoms with van der Waals surface area (Å²) in [6.45, 7) is 1.26. The van der Waals surface area contributed by atoms with Crippen molar-refractivity contribution in [3.05, 3.63) is 22.7 Å². The zero-order valence-corrected chi connectivity index (χ0v) is 9.63. The monoisotopic (exact) mass is 240 g/mol. The van der Waals surface area contributed by atoms with Crippen molar-refractivity contribution in [2.45, 2.75) is 19.3 Å². The molecule has 4 heteroatoms. The number of hydrogen-bond acceptors (Lipinski definition) is 3. The smallest absolute Gasteiger partial charge is 0.179 e. The molecule has 0 radical (unpaired) electrons. The van der Waals surface area contributed by atoms with E-state index in [9.17, 15) is 4.79 Å². The van der Waals surface area contributed by atoms with Gasteiger partial charge in [-0.2, -0.15) is 0 Å². The van der Waals surface area contributed by atoms with Crippen LogP contribution >= 0.6 is 11.6 Å². The average Bonchev–Trinajstić information content (AvgIpc) is 2.51. The molecule has 86 valence electrons. The highest BCUT2D eigenvalue weighted by atomic mass is 35.5. The largest absolute Gasteiger partial charge is 0.489 e. The topological polar surface area (TPSA) is 35.5 Å². The summed E-state index contributed by atoms with van der Waals surface area (Å²) in [5.41, 5.74) is 1.00. The van der Waals surface area contributed by atoms with Gasteiger partial charge in [-0.1, -0.05) is 11.6 Å². The second-order valence-corrected chi connectivity index (χ2v) is 4.07. The molecule has 2 rings (SSSR count). The van der Waals surface area contributed by atoms with Crippen LogP contribution in [-0.4, -0.2) is 19.5 Å². The van der Waals surface area contributed by atoms with Crippen molar-refractivity contribution >= 4 is 17.9 Å². The highest BCUT2D eigenvalue weighted by molar-refractivity contribution is 6.32. The number of ether oxygens (including phenoxy) is 2. The first kappa shape index (κ1) is 11.3. The van der Waals surface area contributed by atoms with E-state index in [1.54, 1.807) is 0 Å². The van der Waals surface area contributed by atoms with Crippen LogP contribution in [0.2, 0.25) is 5.02 Å². The quantitative estimate of drug-likeness (QED) is 0.762. The second-order valence-electron chi connectivity index (χ2n) is 3.66. The van der Waals surface area contributed by atoms with Crippen molar-refractivity contribution in [3.8, 4) is 11.5 Å². The fourth-order valence-corrected chi connectivity index (χ4v) is 1.94. The number of carbonyl (C=O) groups excluding carboxylic acids is 1. The van der Waals surface area contributed by atoms with E-state index in [0.29, 0.717) is 42.6 Å². The van der Waals surface area contributed by atoms with E-state index in [1.165, 1.54) is 0 Å². The van der Waals surface area contributed by atoms with Crippen molar-refractivity contribution in [1.82, 2.24) is 0 Å². The molecule has 0 atom stereocenters. The van der Waals surface area contributed by atoms with Crippen molar-refractivity contribution < 1.29 is 14.3 Å². The normalized spacial score (nSPS) is 14.3. The summed E-state index contributed by atoms with van der Waals surface area (Å²) in [6.07, 6.45) is 2.93. The van der Waals surface area contributed by atoms with Crippen LogP contribution in [0.4, 0.5) is 0 Å². The Labute approximate surface area is 99.3 Å². The molecule has 0 saturated carbocycles. The Morgan fingerprint density at radius 1 is 1.31 bits per heavy atom. The first-order valence-corrected chi connectivity index (χ1v) is 5.70. The predicted molar refractivity (Wildman–Crippen MR) is 61.4 cm³/mol. The molecule has 0 N–H and O–H groups in total. The molecule has 1 heterocycles. The molecule has 1 aliphatic heterocycles. The Kier molecular flexibility index (Phi) is 3.67. The minimum Gasteiger partial charge on any atom is -0.489 e. The van der Waals surface area contributed by atoms with Crippen LogP contribution in [0, 0.1) is 0 Å². The van der Waals surface area contributed by atoms with Crippen LogP contribution in [0.15, 0.2) is 12.1 Å². The van der Waals surface area contributed by atoms with Gasteiger partial charge in [0.05, 0.1) is 18.2 Å². The van der Waals surface area contributed by atoms with Crippen molar-refractivity contribution in [3.63, 3.8) is 0 Å². The molecule has 0 fully saturated rings. The first-order chi connectivity index (χ1) is 7.81. The van der Waals surface area contributed by atoms with Gasteiger partial charge in [0.2, 0.25) is 0 Å². The van der Waals surface area contributed by atoms with Gasteiger partial charge in [-0.05, 0) is 24.1 Å². The minimum atomic E-state index is 0.496. The van der Waals surface area contributed by atoms with E-state index < -0.39 is 0 Å². The van der Waals surface area contributed by atoms with E-state index in [-0.39, 0.29) is 0 Å². The molecule has 0 aromatic heterocycles. The lowest BCUT2D eigenvalue weighted by Crippen LogP contribution is -1.97. The molecule has 0 amide bonds. The molecule has 0 aliphatic carbocycles. The fraction of sp³-hybridized carbons (Fsp3) is 0.417. The SMILES string of the molecule is O=CCCc1cc(Cl)c2c(c1)OCCCO2. The van der Waals surface area contributed by atoms with Gasteiger partial charge in [0, 0.05) is 12.8 Å². The van der Waals surface area contributed by atoms with Crippen LogP contribution in [0.1, 0.15) is 18.4 Å². The Morgan fingerprint density at radius 3 is 2.94 bits per heavy atom.